The molecule has 0 fully saturated rings. The Morgan fingerprint density at radius 2 is 1.94 bits per heavy atom. The van der Waals surface area contributed by atoms with Gasteiger partial charge in [0.1, 0.15) is 5.82 Å². The molecule has 1 aromatic heterocycles. The van der Waals surface area contributed by atoms with Crippen LogP contribution in [0.5, 0.6) is 0 Å². The molecule has 5 nitrogen and oxygen atoms in total. The zero-order chi connectivity index (χ0) is 12.3. The molecule has 1 heterocycles. The molecule has 0 amide bonds. The normalized spacial score (nSPS) is 10.1. The van der Waals surface area contributed by atoms with Crippen LogP contribution in [0.25, 0.3) is 0 Å². The van der Waals surface area contributed by atoms with Crippen molar-refractivity contribution in [2.24, 2.45) is 5.84 Å². The first-order chi connectivity index (χ1) is 8.20. The average molecular weight is 233 g/mol. The number of hydrogen-bond donors (Lipinski definition) is 2. The number of rotatable bonds is 3. The predicted molar refractivity (Wildman–Crippen MR) is 64.3 cm³/mol. The van der Waals surface area contributed by atoms with Gasteiger partial charge < -0.3 is 10.3 Å². The molecule has 0 atom stereocenters. The molecule has 0 radical (unpaired) electrons. The van der Waals surface area contributed by atoms with E-state index >= 15 is 0 Å². The van der Waals surface area contributed by atoms with Crippen LogP contribution in [-0.2, 0) is 0 Å². The molecule has 0 aliphatic heterocycles. The first-order valence-electron chi connectivity index (χ1n) is 4.98. The number of nitrogens with zero attached hydrogens (tertiary/aromatic N) is 3. The number of hydrazine groups is 1. The number of nitrogens with two attached hydrogens (primary N) is 1. The molecule has 0 aliphatic carbocycles. The van der Waals surface area contributed by atoms with Crippen molar-refractivity contribution in [3.8, 4) is 0 Å². The highest BCUT2D eigenvalue weighted by Gasteiger charge is 2.06. The first kappa shape index (κ1) is 11.3. The molecule has 0 unspecified atom stereocenters. The molecule has 0 aliphatic rings. The summed E-state index contributed by atoms with van der Waals surface area (Å²) < 4.78 is 12.8. The summed E-state index contributed by atoms with van der Waals surface area (Å²) in [7, 11) is 1.82. The highest BCUT2D eigenvalue weighted by Crippen LogP contribution is 2.21. The van der Waals surface area contributed by atoms with Gasteiger partial charge in [0.15, 0.2) is 11.6 Å². The Bertz CT molecular complexity index is 499. The summed E-state index contributed by atoms with van der Waals surface area (Å²) in [5, 5.41) is 0. The topological polar surface area (TPSA) is 67.1 Å². The predicted octanol–water partition coefficient (Wildman–Crippen LogP) is 1.67. The number of aromatic nitrogens is 2. The summed E-state index contributed by atoms with van der Waals surface area (Å²) in [6.07, 6.45) is 3.12. The zero-order valence-corrected chi connectivity index (χ0v) is 9.26. The molecule has 0 spiro atoms. The van der Waals surface area contributed by atoms with Gasteiger partial charge in [0.05, 0.1) is 12.4 Å². The maximum Gasteiger partial charge on any atom is 0.160 e. The molecular weight excluding hydrogens is 221 g/mol. The van der Waals surface area contributed by atoms with Crippen LogP contribution in [-0.4, -0.2) is 17.0 Å². The van der Waals surface area contributed by atoms with Crippen molar-refractivity contribution >= 4 is 17.3 Å². The van der Waals surface area contributed by atoms with E-state index in [1.807, 2.05) is 7.05 Å². The minimum Gasteiger partial charge on any atom is -0.328 e. The van der Waals surface area contributed by atoms with Crippen LogP contribution in [0.2, 0.25) is 0 Å². The quantitative estimate of drug-likeness (QED) is 0.623. The molecule has 88 valence electrons. The van der Waals surface area contributed by atoms with E-state index in [0.29, 0.717) is 11.6 Å². The molecule has 2 rings (SSSR count). The van der Waals surface area contributed by atoms with Gasteiger partial charge in [0, 0.05) is 12.7 Å². The monoisotopic (exact) mass is 233 g/mol. The molecule has 17 heavy (non-hydrogen) atoms. The molecule has 1 aromatic carbocycles. The lowest BCUT2D eigenvalue weighted by Crippen LogP contribution is -2.14. The first-order valence-corrected chi connectivity index (χ1v) is 4.98. The lowest BCUT2D eigenvalue weighted by Gasteiger charge is -2.18. The third kappa shape index (κ3) is 2.48. The van der Waals surface area contributed by atoms with Crippen LogP contribution < -0.4 is 16.2 Å². The van der Waals surface area contributed by atoms with E-state index in [4.69, 9.17) is 5.84 Å². The van der Waals surface area contributed by atoms with E-state index in [1.165, 1.54) is 18.3 Å². The number of nitrogen functional groups attached to an aromatic ring is 1. The fourth-order valence-corrected chi connectivity index (χ4v) is 1.38. The highest BCUT2D eigenvalue weighted by molar-refractivity contribution is 5.59. The minimum atomic E-state index is -0.273. The number of nitrogens with one attached hydrogen (secondary N) is 1. The van der Waals surface area contributed by atoms with Gasteiger partial charge in [-0.1, -0.05) is 0 Å². The van der Waals surface area contributed by atoms with Crippen LogP contribution in [0.4, 0.5) is 21.7 Å². The lowest BCUT2D eigenvalue weighted by molar-refractivity contribution is 0.628. The molecular formula is C11H12FN5. The van der Waals surface area contributed by atoms with Crippen molar-refractivity contribution in [3.63, 3.8) is 0 Å². The van der Waals surface area contributed by atoms with Crippen LogP contribution in [0.1, 0.15) is 0 Å². The van der Waals surface area contributed by atoms with Crippen LogP contribution in [0.3, 0.4) is 0 Å². The number of halogens is 1. The van der Waals surface area contributed by atoms with Crippen molar-refractivity contribution in [2.45, 2.75) is 0 Å². The Morgan fingerprint density at radius 3 is 2.59 bits per heavy atom. The van der Waals surface area contributed by atoms with Crippen molar-refractivity contribution in [3.05, 3.63) is 42.5 Å². The summed E-state index contributed by atoms with van der Waals surface area (Å²) in [6, 6.07) is 6.12. The molecule has 2 aromatic rings. The SMILES string of the molecule is CN(c1ccc(F)cc1)c1cncc(NN)n1. The number of benzene rings is 1. The number of hydrogen-bond acceptors (Lipinski definition) is 5. The smallest absolute Gasteiger partial charge is 0.160 e. The Hall–Kier alpha value is -2.21. The fraction of sp³-hybridized carbons (Fsp3) is 0.0909. The third-order valence-corrected chi connectivity index (χ3v) is 2.33. The van der Waals surface area contributed by atoms with Crippen LogP contribution >= 0.6 is 0 Å². The maximum absolute atomic E-state index is 12.8. The van der Waals surface area contributed by atoms with Gasteiger partial charge in [-0.25, -0.2) is 15.2 Å². The summed E-state index contributed by atoms with van der Waals surface area (Å²) in [5.41, 5.74) is 3.24. The second kappa shape index (κ2) is 4.75. The van der Waals surface area contributed by atoms with Crippen molar-refractivity contribution in [1.29, 1.82) is 0 Å². The second-order valence-corrected chi connectivity index (χ2v) is 3.44. The third-order valence-electron chi connectivity index (χ3n) is 2.33. The Balaban J connectivity index is 2.29. The molecule has 0 saturated heterocycles. The van der Waals surface area contributed by atoms with Crippen molar-refractivity contribution in [1.82, 2.24) is 9.97 Å². The van der Waals surface area contributed by atoms with Crippen LogP contribution in [0, 0.1) is 5.82 Å². The zero-order valence-electron chi connectivity index (χ0n) is 9.26. The standard InChI is InChI=1S/C11H12FN5/c1-17(9-4-2-8(12)3-5-9)11-7-14-6-10(15-11)16-13/h2-7H,13H2,1H3,(H,15,16). The Kier molecular flexibility index (Phi) is 3.15. The minimum absolute atomic E-state index is 0.273. The van der Waals surface area contributed by atoms with Gasteiger partial charge in [-0.3, -0.25) is 4.98 Å². The van der Waals surface area contributed by atoms with E-state index in [9.17, 15) is 4.39 Å². The van der Waals surface area contributed by atoms with E-state index in [-0.39, 0.29) is 5.82 Å². The lowest BCUT2D eigenvalue weighted by atomic mass is 10.3. The Labute approximate surface area is 98.1 Å². The molecule has 3 N–H and O–H groups in total. The second-order valence-electron chi connectivity index (χ2n) is 3.44. The van der Waals surface area contributed by atoms with Gasteiger partial charge in [-0.2, -0.15) is 0 Å². The molecule has 6 heteroatoms. The van der Waals surface area contributed by atoms with Crippen LogP contribution in [0.15, 0.2) is 36.7 Å². The Morgan fingerprint density at radius 1 is 1.24 bits per heavy atom. The molecule has 0 saturated carbocycles. The van der Waals surface area contributed by atoms with E-state index < -0.39 is 0 Å². The highest BCUT2D eigenvalue weighted by atomic mass is 19.1. The van der Waals surface area contributed by atoms with E-state index in [1.54, 1.807) is 23.2 Å². The molecule has 0 bridgehead atoms. The summed E-state index contributed by atoms with van der Waals surface area (Å²) in [4.78, 5) is 10.0. The van der Waals surface area contributed by atoms with E-state index in [0.717, 1.165) is 5.69 Å². The van der Waals surface area contributed by atoms with Gasteiger partial charge in [0.2, 0.25) is 0 Å². The average Bonchev–Trinajstić information content (AvgIpc) is 2.39. The largest absolute Gasteiger partial charge is 0.328 e. The summed E-state index contributed by atoms with van der Waals surface area (Å²) >= 11 is 0. The summed E-state index contributed by atoms with van der Waals surface area (Å²) in [6.45, 7) is 0. The van der Waals surface area contributed by atoms with Gasteiger partial charge in [0.25, 0.3) is 0 Å². The van der Waals surface area contributed by atoms with Crippen molar-refractivity contribution in [2.75, 3.05) is 17.4 Å². The van der Waals surface area contributed by atoms with E-state index in [2.05, 4.69) is 15.4 Å². The summed E-state index contributed by atoms with van der Waals surface area (Å²) in [5.74, 6) is 6.07. The van der Waals surface area contributed by atoms with Crippen molar-refractivity contribution < 1.29 is 4.39 Å². The number of anilines is 3. The van der Waals surface area contributed by atoms with Gasteiger partial charge >= 0.3 is 0 Å². The fourth-order valence-electron chi connectivity index (χ4n) is 1.38. The van der Waals surface area contributed by atoms with Gasteiger partial charge in [-0.05, 0) is 24.3 Å². The van der Waals surface area contributed by atoms with Gasteiger partial charge in [-0.15, -0.1) is 0 Å². The maximum atomic E-state index is 12.8.